The van der Waals surface area contributed by atoms with Crippen LogP contribution in [0.15, 0.2) is 70.1 Å². The summed E-state index contributed by atoms with van der Waals surface area (Å²) in [4.78, 5) is 20.0. The van der Waals surface area contributed by atoms with Crippen molar-refractivity contribution in [3.8, 4) is 11.5 Å². The van der Waals surface area contributed by atoms with Crippen molar-refractivity contribution >= 4 is 50.3 Å². The lowest BCUT2D eigenvalue weighted by Gasteiger charge is -2.25. The van der Waals surface area contributed by atoms with E-state index in [2.05, 4.69) is 15.5 Å². The number of anilines is 2. The van der Waals surface area contributed by atoms with E-state index in [1.807, 2.05) is 4.90 Å². The van der Waals surface area contributed by atoms with Gasteiger partial charge in [-0.1, -0.05) is 35.3 Å². The van der Waals surface area contributed by atoms with E-state index >= 15 is 0 Å². The third kappa shape index (κ3) is 6.27. The third-order valence-corrected chi connectivity index (χ3v) is 10.3. The molecule has 3 aromatic carbocycles. The number of aromatic nitrogens is 2. The summed E-state index contributed by atoms with van der Waals surface area (Å²) in [5, 5.41) is 7.83. The van der Waals surface area contributed by atoms with Gasteiger partial charge in [0.1, 0.15) is 5.82 Å². The molecule has 8 nitrogen and oxygen atoms in total. The van der Waals surface area contributed by atoms with E-state index in [9.17, 15) is 17.6 Å². The van der Waals surface area contributed by atoms with Crippen molar-refractivity contribution in [3.05, 3.63) is 87.9 Å². The molecule has 1 aromatic heterocycles. The van der Waals surface area contributed by atoms with Gasteiger partial charge in [-0.3, -0.25) is 4.79 Å². The predicted molar refractivity (Wildman–Crippen MR) is 164 cm³/mol. The zero-order valence-corrected chi connectivity index (χ0v) is 25.6. The molecule has 0 aliphatic heterocycles. The van der Waals surface area contributed by atoms with Gasteiger partial charge in [-0.2, -0.15) is 4.98 Å². The molecule has 1 amide bonds. The molecule has 6 rings (SSSR count). The fourth-order valence-corrected chi connectivity index (χ4v) is 6.95. The van der Waals surface area contributed by atoms with Crippen molar-refractivity contribution in [3.63, 3.8) is 0 Å². The zero-order valence-electron chi connectivity index (χ0n) is 23.3. The van der Waals surface area contributed by atoms with Gasteiger partial charge in [0.2, 0.25) is 5.91 Å². The van der Waals surface area contributed by atoms with Gasteiger partial charge in [-0.15, -0.1) is 0 Å². The van der Waals surface area contributed by atoms with Crippen LogP contribution in [-0.4, -0.2) is 43.3 Å². The number of amides is 1. The van der Waals surface area contributed by atoms with Crippen LogP contribution in [-0.2, 0) is 20.0 Å². The molecule has 0 spiro atoms. The summed E-state index contributed by atoms with van der Waals surface area (Å²) in [5.41, 5.74) is 1.88. The van der Waals surface area contributed by atoms with Crippen LogP contribution < -0.4 is 10.2 Å². The first-order chi connectivity index (χ1) is 20.6. The molecule has 2 aliphatic carbocycles. The number of hydrogen-bond donors (Lipinski definition) is 1. The highest BCUT2D eigenvalue weighted by atomic mass is 35.5. The molecule has 0 radical (unpaired) electrons. The van der Waals surface area contributed by atoms with Crippen molar-refractivity contribution in [2.24, 2.45) is 5.92 Å². The average molecular weight is 644 g/mol. The fraction of sp³-hybridized carbons (Fsp3) is 0.323. The lowest BCUT2D eigenvalue weighted by molar-refractivity contribution is -0.115. The summed E-state index contributed by atoms with van der Waals surface area (Å²) < 4.78 is 43.3. The Morgan fingerprint density at radius 3 is 2.30 bits per heavy atom. The van der Waals surface area contributed by atoms with Crippen molar-refractivity contribution in [1.82, 2.24) is 10.1 Å². The van der Waals surface area contributed by atoms with Gasteiger partial charge in [0.05, 0.1) is 22.6 Å². The highest BCUT2D eigenvalue weighted by Crippen LogP contribution is 2.57. The fourth-order valence-electron chi connectivity index (χ4n) is 5.22. The van der Waals surface area contributed by atoms with E-state index in [4.69, 9.17) is 27.7 Å². The second-order valence-electron chi connectivity index (χ2n) is 11.1. The van der Waals surface area contributed by atoms with Gasteiger partial charge < -0.3 is 14.7 Å². The zero-order chi connectivity index (χ0) is 30.4. The number of carbonyl (C=O) groups excluding carboxylic acids is 1. The Morgan fingerprint density at radius 2 is 1.72 bits per heavy atom. The Labute approximate surface area is 259 Å². The highest BCUT2D eigenvalue weighted by Gasteiger charge is 2.52. The van der Waals surface area contributed by atoms with Crippen LogP contribution in [0.5, 0.6) is 0 Å². The topological polar surface area (TPSA) is 105 Å². The molecule has 2 saturated carbocycles. The first kappa shape index (κ1) is 29.6. The number of benzene rings is 3. The predicted octanol–water partition coefficient (Wildman–Crippen LogP) is 6.91. The van der Waals surface area contributed by atoms with E-state index in [1.54, 1.807) is 55.5 Å². The maximum Gasteiger partial charge on any atom is 0.257 e. The van der Waals surface area contributed by atoms with Gasteiger partial charge in [0.15, 0.2) is 15.7 Å². The number of nitrogens with zero attached hydrogens (tertiary/aromatic N) is 3. The monoisotopic (exact) mass is 642 g/mol. The molecule has 1 heterocycles. The molecule has 43 heavy (non-hydrogen) atoms. The van der Waals surface area contributed by atoms with Crippen LogP contribution in [0.25, 0.3) is 11.5 Å². The molecule has 0 saturated heterocycles. The van der Waals surface area contributed by atoms with Crippen LogP contribution in [0.2, 0.25) is 10.0 Å². The molecule has 2 aliphatic rings. The van der Waals surface area contributed by atoms with Gasteiger partial charge in [-0.05, 0) is 92.3 Å². The Bertz CT molecular complexity index is 1750. The van der Waals surface area contributed by atoms with Gasteiger partial charge in [-0.25, -0.2) is 12.8 Å². The van der Waals surface area contributed by atoms with Crippen molar-refractivity contribution < 1.29 is 22.1 Å². The van der Waals surface area contributed by atoms with E-state index in [0.29, 0.717) is 45.1 Å². The highest BCUT2D eigenvalue weighted by molar-refractivity contribution is 7.91. The van der Waals surface area contributed by atoms with E-state index in [1.165, 1.54) is 12.1 Å². The first-order valence-corrected chi connectivity index (χ1v) is 16.5. The normalized spacial score (nSPS) is 15.7. The van der Waals surface area contributed by atoms with Crippen molar-refractivity contribution in [2.45, 2.75) is 42.9 Å². The van der Waals surface area contributed by atoms with E-state index in [-0.39, 0.29) is 34.8 Å². The lowest BCUT2D eigenvalue weighted by Crippen LogP contribution is -2.34. The number of hydrogen-bond acceptors (Lipinski definition) is 7. The van der Waals surface area contributed by atoms with Crippen LogP contribution >= 0.6 is 23.2 Å². The van der Waals surface area contributed by atoms with E-state index in [0.717, 1.165) is 31.4 Å². The van der Waals surface area contributed by atoms with Gasteiger partial charge >= 0.3 is 0 Å². The molecule has 12 heteroatoms. The lowest BCUT2D eigenvalue weighted by atomic mass is 9.94. The molecule has 224 valence electrons. The molecule has 2 fully saturated rings. The number of sulfone groups is 1. The van der Waals surface area contributed by atoms with Gasteiger partial charge in [0.25, 0.3) is 5.89 Å². The van der Waals surface area contributed by atoms with Crippen molar-refractivity contribution in [2.75, 3.05) is 29.1 Å². The summed E-state index contributed by atoms with van der Waals surface area (Å²) in [7, 11) is -3.31. The Hall–Kier alpha value is -3.47. The van der Waals surface area contributed by atoms with E-state index < -0.39 is 15.3 Å². The molecule has 0 bridgehead atoms. The maximum atomic E-state index is 13.3. The minimum atomic E-state index is -3.31. The summed E-state index contributed by atoms with van der Waals surface area (Å²) in [6.07, 6.45) is 3.63. The van der Waals surface area contributed by atoms with Crippen LogP contribution in [0.4, 0.5) is 15.8 Å². The Balaban J connectivity index is 1.18. The smallest absolute Gasteiger partial charge is 0.257 e. The molecule has 0 atom stereocenters. The number of rotatable bonds is 11. The summed E-state index contributed by atoms with van der Waals surface area (Å²) >= 11 is 13.5. The molecular formula is C31H29Cl2FN4O4S. The average Bonchev–Trinajstić information content (AvgIpc) is 3.91. The van der Waals surface area contributed by atoms with Crippen molar-refractivity contribution in [1.29, 1.82) is 0 Å². The van der Waals surface area contributed by atoms with Crippen LogP contribution in [0, 0.1) is 11.7 Å². The number of nitrogens with one attached hydrogen (secondary N) is 1. The molecular weight excluding hydrogens is 614 g/mol. The van der Waals surface area contributed by atoms with Crippen LogP contribution in [0.3, 0.4) is 0 Å². The third-order valence-electron chi connectivity index (χ3n) is 7.95. The molecule has 4 aromatic rings. The second-order valence-corrected chi connectivity index (χ2v) is 14.2. The molecule has 0 unspecified atom stereocenters. The summed E-state index contributed by atoms with van der Waals surface area (Å²) in [6, 6.07) is 15.8. The largest absolute Gasteiger partial charge is 0.362 e. The van der Waals surface area contributed by atoms with Crippen LogP contribution in [0.1, 0.15) is 44.0 Å². The summed E-state index contributed by atoms with van der Waals surface area (Å²) in [5.74, 6) is 0.628. The quantitative estimate of drug-likeness (QED) is 0.189. The Morgan fingerprint density at radius 1 is 1.07 bits per heavy atom. The number of carbonyl (C=O) groups is 1. The van der Waals surface area contributed by atoms with Gasteiger partial charge in [0, 0.05) is 39.1 Å². The second kappa shape index (κ2) is 11.6. The Kier molecular flexibility index (Phi) is 7.95. The standard InChI is InChI=1S/C31H29Cl2FN4O4S/c1-2-43(40,41)24-11-9-23(10-12-24)38(17-19-3-4-19)18-27(39)35-22-15-25(32)28(26(33)16-22)31(13-14-31)30-36-29(42-37-30)20-5-7-21(34)8-6-20/h5-12,15-16,19H,2-4,13-14,17-18H2,1H3,(H,35,39). The minimum Gasteiger partial charge on any atom is -0.362 e. The molecule has 1 N–H and O–H groups in total. The maximum absolute atomic E-state index is 13.3. The minimum absolute atomic E-state index is 0.0255. The number of halogens is 3. The SMILES string of the molecule is CCS(=O)(=O)c1ccc(N(CC(=O)Nc2cc(Cl)c(C3(c4noc(-c5ccc(F)cc5)n4)CC3)c(Cl)c2)CC2CC2)cc1. The first-order valence-electron chi connectivity index (χ1n) is 14.1. The summed E-state index contributed by atoms with van der Waals surface area (Å²) in [6.45, 7) is 2.38.